The number of carboxylic acid groups (broad SMARTS) is 1. The fourth-order valence-electron chi connectivity index (χ4n) is 1.49. The molecule has 0 bridgehead atoms. The summed E-state index contributed by atoms with van der Waals surface area (Å²) in [5.74, 6) is -0.632. The number of pyridine rings is 1. The van der Waals surface area contributed by atoms with Crippen LogP contribution < -0.4 is 4.74 Å². The van der Waals surface area contributed by atoms with Crippen molar-refractivity contribution in [1.29, 1.82) is 0 Å². The maximum Gasteiger partial charge on any atom is 0.354 e. The molecule has 88 valence electrons. The SMILES string of the molecule is COCOc1cc(C(=O)O)nc2ccccc12. The Kier molecular flexibility index (Phi) is 3.20. The summed E-state index contributed by atoms with van der Waals surface area (Å²) in [6.07, 6.45) is 0. The number of methoxy groups -OCH3 is 1. The first-order chi connectivity index (χ1) is 8.22. The molecule has 17 heavy (non-hydrogen) atoms. The van der Waals surface area contributed by atoms with E-state index in [-0.39, 0.29) is 12.5 Å². The average Bonchev–Trinajstić information content (AvgIpc) is 2.35. The van der Waals surface area contributed by atoms with Crippen LogP contribution in [0.1, 0.15) is 10.5 Å². The molecule has 0 fully saturated rings. The summed E-state index contributed by atoms with van der Waals surface area (Å²) in [6.45, 7) is 0.0626. The van der Waals surface area contributed by atoms with Gasteiger partial charge in [-0.1, -0.05) is 12.1 Å². The summed E-state index contributed by atoms with van der Waals surface area (Å²) in [6, 6.07) is 8.58. The lowest BCUT2D eigenvalue weighted by Crippen LogP contribution is -2.04. The van der Waals surface area contributed by atoms with Gasteiger partial charge in [0.25, 0.3) is 0 Å². The topological polar surface area (TPSA) is 68.7 Å². The zero-order valence-corrected chi connectivity index (χ0v) is 9.21. The zero-order valence-electron chi connectivity index (χ0n) is 9.21. The molecule has 2 rings (SSSR count). The number of ether oxygens (including phenoxy) is 2. The van der Waals surface area contributed by atoms with Gasteiger partial charge < -0.3 is 14.6 Å². The second-order valence-electron chi connectivity index (χ2n) is 3.38. The van der Waals surface area contributed by atoms with Crippen LogP contribution in [-0.2, 0) is 4.74 Å². The van der Waals surface area contributed by atoms with Gasteiger partial charge in [-0.15, -0.1) is 0 Å². The number of aromatic nitrogens is 1. The lowest BCUT2D eigenvalue weighted by atomic mass is 10.2. The normalized spacial score (nSPS) is 10.4. The van der Waals surface area contributed by atoms with E-state index in [1.165, 1.54) is 13.2 Å². The van der Waals surface area contributed by atoms with Crippen LogP contribution in [0.3, 0.4) is 0 Å². The number of carboxylic acids is 1. The second kappa shape index (κ2) is 4.80. The van der Waals surface area contributed by atoms with Gasteiger partial charge in [0.1, 0.15) is 5.75 Å². The molecular weight excluding hydrogens is 222 g/mol. The van der Waals surface area contributed by atoms with Gasteiger partial charge in [-0.3, -0.25) is 0 Å². The third-order valence-corrected chi connectivity index (χ3v) is 2.23. The second-order valence-corrected chi connectivity index (χ2v) is 3.38. The third kappa shape index (κ3) is 2.34. The largest absolute Gasteiger partial charge is 0.477 e. The number of carbonyl (C=O) groups is 1. The first-order valence-corrected chi connectivity index (χ1v) is 4.97. The van der Waals surface area contributed by atoms with Crippen molar-refractivity contribution < 1.29 is 19.4 Å². The number of para-hydroxylation sites is 1. The molecule has 5 heteroatoms. The Morgan fingerprint density at radius 2 is 2.18 bits per heavy atom. The zero-order chi connectivity index (χ0) is 12.3. The van der Waals surface area contributed by atoms with Crippen LogP contribution in [0.15, 0.2) is 30.3 Å². The number of aromatic carboxylic acids is 1. The molecule has 1 heterocycles. The van der Waals surface area contributed by atoms with E-state index >= 15 is 0 Å². The van der Waals surface area contributed by atoms with E-state index in [0.717, 1.165) is 5.39 Å². The maximum atomic E-state index is 10.9. The van der Waals surface area contributed by atoms with E-state index in [9.17, 15) is 4.79 Å². The van der Waals surface area contributed by atoms with Crippen molar-refractivity contribution in [2.75, 3.05) is 13.9 Å². The highest BCUT2D eigenvalue weighted by molar-refractivity contribution is 5.93. The first kappa shape index (κ1) is 11.3. The molecule has 0 aliphatic rings. The molecule has 0 atom stereocenters. The van der Waals surface area contributed by atoms with Crippen molar-refractivity contribution in [3.05, 3.63) is 36.0 Å². The van der Waals surface area contributed by atoms with Crippen LogP contribution in [0.25, 0.3) is 10.9 Å². The Balaban J connectivity index is 2.56. The maximum absolute atomic E-state index is 10.9. The monoisotopic (exact) mass is 233 g/mol. The fraction of sp³-hybridized carbons (Fsp3) is 0.167. The van der Waals surface area contributed by atoms with E-state index in [0.29, 0.717) is 11.3 Å². The van der Waals surface area contributed by atoms with Crippen LogP contribution in [0.5, 0.6) is 5.75 Å². The van der Waals surface area contributed by atoms with E-state index in [2.05, 4.69) is 4.98 Å². The molecule has 1 aromatic heterocycles. The van der Waals surface area contributed by atoms with Crippen LogP contribution in [0, 0.1) is 0 Å². The predicted octanol–water partition coefficient (Wildman–Crippen LogP) is 1.92. The summed E-state index contributed by atoms with van der Waals surface area (Å²) in [7, 11) is 1.50. The van der Waals surface area contributed by atoms with Gasteiger partial charge >= 0.3 is 5.97 Å². The summed E-state index contributed by atoms with van der Waals surface area (Å²) in [5.41, 5.74) is 0.535. The molecular formula is C12H11NO4. The summed E-state index contributed by atoms with van der Waals surface area (Å²) >= 11 is 0. The van der Waals surface area contributed by atoms with Gasteiger partial charge in [0.15, 0.2) is 12.5 Å². The van der Waals surface area contributed by atoms with Crippen LogP contribution >= 0.6 is 0 Å². The van der Waals surface area contributed by atoms with Gasteiger partial charge in [0, 0.05) is 18.6 Å². The third-order valence-electron chi connectivity index (χ3n) is 2.23. The van der Waals surface area contributed by atoms with Crippen molar-refractivity contribution in [1.82, 2.24) is 4.98 Å². The molecule has 5 nitrogen and oxygen atoms in total. The Hall–Kier alpha value is -2.14. The average molecular weight is 233 g/mol. The summed E-state index contributed by atoms with van der Waals surface area (Å²) in [4.78, 5) is 14.9. The number of nitrogens with zero attached hydrogens (tertiary/aromatic N) is 1. The lowest BCUT2D eigenvalue weighted by Gasteiger charge is -2.08. The minimum atomic E-state index is -1.09. The molecule has 1 aromatic carbocycles. The van der Waals surface area contributed by atoms with Crippen molar-refractivity contribution in [2.45, 2.75) is 0 Å². The number of rotatable bonds is 4. The summed E-state index contributed by atoms with van der Waals surface area (Å²) < 4.78 is 10.1. The Labute approximate surface area is 97.6 Å². The van der Waals surface area contributed by atoms with Gasteiger partial charge in [0.05, 0.1) is 5.52 Å². The minimum absolute atomic E-state index is 0.0465. The molecule has 0 spiro atoms. The number of hydrogen-bond acceptors (Lipinski definition) is 4. The molecule has 1 N–H and O–H groups in total. The Morgan fingerprint density at radius 1 is 1.41 bits per heavy atom. The minimum Gasteiger partial charge on any atom is -0.477 e. The number of hydrogen-bond donors (Lipinski definition) is 1. The molecule has 0 aliphatic heterocycles. The molecule has 0 saturated carbocycles. The lowest BCUT2D eigenvalue weighted by molar-refractivity contribution is 0.0517. The van der Waals surface area contributed by atoms with Gasteiger partial charge in [-0.05, 0) is 12.1 Å². The van der Waals surface area contributed by atoms with Gasteiger partial charge in [-0.2, -0.15) is 0 Å². The number of fused-ring (bicyclic) bond motifs is 1. The Bertz CT molecular complexity index is 553. The van der Waals surface area contributed by atoms with E-state index in [4.69, 9.17) is 14.6 Å². The van der Waals surface area contributed by atoms with Crippen LogP contribution in [0.2, 0.25) is 0 Å². The summed E-state index contributed by atoms with van der Waals surface area (Å²) in [5, 5.41) is 9.70. The number of benzene rings is 1. The molecule has 0 aliphatic carbocycles. The van der Waals surface area contributed by atoms with Crippen molar-refractivity contribution in [3.63, 3.8) is 0 Å². The first-order valence-electron chi connectivity index (χ1n) is 4.97. The van der Waals surface area contributed by atoms with Crippen molar-refractivity contribution >= 4 is 16.9 Å². The van der Waals surface area contributed by atoms with Crippen molar-refractivity contribution in [3.8, 4) is 5.75 Å². The predicted molar refractivity (Wildman–Crippen MR) is 61.2 cm³/mol. The molecule has 0 saturated heterocycles. The van der Waals surface area contributed by atoms with E-state index in [1.54, 1.807) is 12.1 Å². The molecule has 0 radical (unpaired) electrons. The molecule has 0 amide bonds. The van der Waals surface area contributed by atoms with Crippen LogP contribution in [0.4, 0.5) is 0 Å². The fourth-order valence-corrected chi connectivity index (χ4v) is 1.49. The highest BCUT2D eigenvalue weighted by Crippen LogP contribution is 2.25. The molecule has 2 aromatic rings. The Morgan fingerprint density at radius 3 is 2.88 bits per heavy atom. The standard InChI is InChI=1S/C12H11NO4/c1-16-7-17-11-6-10(12(14)15)13-9-5-3-2-4-8(9)11/h2-6H,7H2,1H3,(H,14,15). The van der Waals surface area contributed by atoms with E-state index in [1.807, 2.05) is 12.1 Å². The highest BCUT2D eigenvalue weighted by Gasteiger charge is 2.11. The quantitative estimate of drug-likeness (QED) is 0.817. The van der Waals surface area contributed by atoms with E-state index < -0.39 is 5.97 Å². The van der Waals surface area contributed by atoms with Gasteiger partial charge in [0.2, 0.25) is 0 Å². The highest BCUT2D eigenvalue weighted by atomic mass is 16.7. The van der Waals surface area contributed by atoms with Crippen molar-refractivity contribution in [2.24, 2.45) is 0 Å². The van der Waals surface area contributed by atoms with Crippen LogP contribution in [-0.4, -0.2) is 30.0 Å². The molecule has 0 unspecified atom stereocenters. The van der Waals surface area contributed by atoms with Gasteiger partial charge in [-0.25, -0.2) is 9.78 Å². The smallest absolute Gasteiger partial charge is 0.354 e.